The molecule has 0 spiro atoms. The molecule has 3 aromatic rings. The molecule has 3 aromatic carbocycles. The van der Waals surface area contributed by atoms with Crippen LogP contribution in [0.15, 0.2) is 78.9 Å². The third kappa shape index (κ3) is 9.00. The van der Waals surface area contributed by atoms with Crippen molar-refractivity contribution < 1.29 is 38.1 Å². The summed E-state index contributed by atoms with van der Waals surface area (Å²) in [6, 6.07) is 22.3. The first-order valence-electron chi connectivity index (χ1n) is 12.1. The molecule has 0 aliphatic carbocycles. The number of unbranched alkanes of at least 4 members (excludes halogenated alkanes) is 1. The van der Waals surface area contributed by atoms with Gasteiger partial charge in [0.25, 0.3) is 0 Å². The van der Waals surface area contributed by atoms with E-state index in [1.807, 2.05) is 43.3 Å². The molecule has 0 atom stereocenters. The number of rotatable bonds is 14. The van der Waals surface area contributed by atoms with Gasteiger partial charge in [0.05, 0.1) is 23.3 Å². The maximum atomic E-state index is 12.7. The van der Waals surface area contributed by atoms with Gasteiger partial charge in [-0.3, -0.25) is 0 Å². The Morgan fingerprint density at radius 3 is 1.65 bits per heavy atom. The Bertz CT molecular complexity index is 1150. The zero-order chi connectivity index (χ0) is 26.3. The molecule has 194 valence electrons. The number of hydrogen-bond acceptors (Lipinski definition) is 8. The highest BCUT2D eigenvalue weighted by atomic mass is 16.6. The minimum absolute atomic E-state index is 0.00910. The summed E-state index contributed by atoms with van der Waals surface area (Å²) >= 11 is 0. The number of benzene rings is 3. The van der Waals surface area contributed by atoms with Gasteiger partial charge in [0.2, 0.25) is 0 Å². The summed E-state index contributed by atoms with van der Waals surface area (Å²) < 4.78 is 26.9. The molecule has 37 heavy (non-hydrogen) atoms. The molecule has 0 saturated heterocycles. The van der Waals surface area contributed by atoms with E-state index in [0.717, 1.165) is 6.42 Å². The molecule has 0 heterocycles. The topological polar surface area (TPSA) is 97.4 Å². The highest BCUT2D eigenvalue weighted by Gasteiger charge is 2.22. The van der Waals surface area contributed by atoms with Gasteiger partial charge in [-0.25, -0.2) is 14.4 Å². The van der Waals surface area contributed by atoms with Crippen LogP contribution < -0.4 is 9.47 Å². The van der Waals surface area contributed by atoms with Gasteiger partial charge in [-0.15, -0.1) is 0 Å². The number of para-hydroxylation sites is 2. The predicted molar refractivity (Wildman–Crippen MR) is 136 cm³/mol. The molecule has 0 saturated carbocycles. The Balaban J connectivity index is 1.61. The summed E-state index contributed by atoms with van der Waals surface area (Å²) in [4.78, 5) is 38.0. The van der Waals surface area contributed by atoms with Crippen LogP contribution in [-0.2, 0) is 14.2 Å². The summed E-state index contributed by atoms with van der Waals surface area (Å²) in [6.07, 6.45) is 1.51. The highest BCUT2D eigenvalue weighted by Crippen LogP contribution is 2.17. The molecular formula is C29H30O8. The van der Waals surface area contributed by atoms with Crippen LogP contribution in [0.5, 0.6) is 11.5 Å². The monoisotopic (exact) mass is 506 g/mol. The molecule has 0 N–H and O–H groups in total. The van der Waals surface area contributed by atoms with Gasteiger partial charge in [0.15, 0.2) is 0 Å². The Labute approximate surface area is 216 Å². The lowest BCUT2D eigenvalue weighted by Gasteiger charge is -2.12. The van der Waals surface area contributed by atoms with Crippen molar-refractivity contribution in [3.8, 4) is 11.5 Å². The molecule has 0 fully saturated rings. The van der Waals surface area contributed by atoms with Crippen molar-refractivity contribution in [1.29, 1.82) is 0 Å². The Morgan fingerprint density at radius 2 is 1.08 bits per heavy atom. The fraction of sp³-hybridized carbons (Fsp3) is 0.276. The van der Waals surface area contributed by atoms with Gasteiger partial charge in [-0.05, 0) is 48.9 Å². The first kappa shape index (κ1) is 27.3. The van der Waals surface area contributed by atoms with E-state index in [0.29, 0.717) is 17.9 Å². The lowest BCUT2D eigenvalue weighted by atomic mass is 10.0. The molecule has 3 rings (SSSR count). The largest absolute Gasteiger partial charge is 0.490 e. The molecule has 0 bridgehead atoms. The number of hydrogen-bond donors (Lipinski definition) is 0. The maximum Gasteiger partial charge on any atom is 0.339 e. The first-order chi connectivity index (χ1) is 18.1. The summed E-state index contributed by atoms with van der Waals surface area (Å²) in [5.41, 5.74) is 0.0244. The molecule has 0 amide bonds. The van der Waals surface area contributed by atoms with Crippen LogP contribution in [0.1, 0.15) is 50.8 Å². The second-order valence-corrected chi connectivity index (χ2v) is 7.84. The minimum Gasteiger partial charge on any atom is -0.490 e. The average Bonchev–Trinajstić information content (AvgIpc) is 2.94. The average molecular weight is 507 g/mol. The van der Waals surface area contributed by atoms with Gasteiger partial charge in [-0.2, -0.15) is 0 Å². The van der Waals surface area contributed by atoms with E-state index in [1.165, 1.54) is 18.2 Å². The maximum absolute atomic E-state index is 12.7. The molecule has 0 aliphatic rings. The van der Waals surface area contributed by atoms with Crippen molar-refractivity contribution in [2.75, 3.05) is 33.0 Å². The number of carbonyl (C=O) groups excluding carboxylic acids is 3. The van der Waals surface area contributed by atoms with Crippen molar-refractivity contribution in [2.45, 2.75) is 19.8 Å². The van der Waals surface area contributed by atoms with Crippen LogP contribution in [-0.4, -0.2) is 50.9 Å². The third-order valence-corrected chi connectivity index (χ3v) is 5.08. The number of esters is 3. The lowest BCUT2D eigenvalue weighted by Crippen LogP contribution is -2.19. The molecule has 0 aliphatic heterocycles. The molecule has 0 unspecified atom stereocenters. The van der Waals surface area contributed by atoms with E-state index < -0.39 is 17.9 Å². The standard InChI is InChI=1S/C29H30O8/c1-2-3-16-35-29(32)26-21-22(27(30)36-19-17-33-23-10-6-4-7-11-23)14-15-25(26)28(31)37-20-18-34-24-12-8-5-9-13-24/h4-15,21H,2-3,16-20H2,1H3. The van der Waals surface area contributed by atoms with Crippen molar-refractivity contribution in [3.05, 3.63) is 95.6 Å². The van der Waals surface area contributed by atoms with Crippen LogP contribution in [0.3, 0.4) is 0 Å². The summed E-state index contributed by atoms with van der Waals surface area (Å²) in [7, 11) is 0. The Morgan fingerprint density at radius 1 is 0.568 bits per heavy atom. The fourth-order valence-electron chi connectivity index (χ4n) is 3.19. The fourth-order valence-corrected chi connectivity index (χ4v) is 3.19. The van der Waals surface area contributed by atoms with Crippen LogP contribution >= 0.6 is 0 Å². The molecular weight excluding hydrogens is 476 g/mol. The SMILES string of the molecule is CCCCOC(=O)c1cc(C(=O)OCCOc2ccccc2)ccc1C(=O)OCCOc1ccccc1. The van der Waals surface area contributed by atoms with Crippen molar-refractivity contribution in [1.82, 2.24) is 0 Å². The summed E-state index contributed by atoms with van der Waals surface area (Å²) in [5.74, 6) is -0.794. The summed E-state index contributed by atoms with van der Waals surface area (Å²) in [5, 5.41) is 0. The van der Waals surface area contributed by atoms with E-state index in [9.17, 15) is 14.4 Å². The zero-order valence-electron chi connectivity index (χ0n) is 20.7. The van der Waals surface area contributed by atoms with Crippen LogP contribution in [0.25, 0.3) is 0 Å². The van der Waals surface area contributed by atoms with E-state index in [4.69, 9.17) is 23.7 Å². The van der Waals surface area contributed by atoms with E-state index in [1.54, 1.807) is 24.3 Å². The van der Waals surface area contributed by atoms with Crippen molar-refractivity contribution in [3.63, 3.8) is 0 Å². The van der Waals surface area contributed by atoms with Gasteiger partial charge < -0.3 is 23.7 Å². The summed E-state index contributed by atoms with van der Waals surface area (Å²) in [6.45, 7) is 2.45. The Hall–Kier alpha value is -4.33. The van der Waals surface area contributed by atoms with E-state index >= 15 is 0 Å². The van der Waals surface area contributed by atoms with Crippen LogP contribution in [0.2, 0.25) is 0 Å². The lowest BCUT2D eigenvalue weighted by molar-refractivity contribution is 0.0418. The zero-order valence-corrected chi connectivity index (χ0v) is 20.7. The molecule has 0 radical (unpaired) electrons. The number of ether oxygens (including phenoxy) is 5. The molecule has 0 aromatic heterocycles. The van der Waals surface area contributed by atoms with Crippen LogP contribution in [0.4, 0.5) is 0 Å². The van der Waals surface area contributed by atoms with Gasteiger partial charge in [-0.1, -0.05) is 49.7 Å². The molecule has 8 heteroatoms. The normalized spacial score (nSPS) is 10.3. The van der Waals surface area contributed by atoms with Crippen LogP contribution in [0, 0.1) is 0 Å². The van der Waals surface area contributed by atoms with Gasteiger partial charge >= 0.3 is 17.9 Å². The minimum atomic E-state index is -0.727. The molecule has 8 nitrogen and oxygen atoms in total. The van der Waals surface area contributed by atoms with Gasteiger partial charge in [0, 0.05) is 0 Å². The number of carbonyl (C=O) groups is 3. The smallest absolute Gasteiger partial charge is 0.339 e. The third-order valence-electron chi connectivity index (χ3n) is 5.08. The quantitative estimate of drug-likeness (QED) is 0.169. The van der Waals surface area contributed by atoms with E-state index in [2.05, 4.69) is 0 Å². The highest BCUT2D eigenvalue weighted by molar-refractivity contribution is 6.05. The van der Waals surface area contributed by atoms with Gasteiger partial charge in [0.1, 0.15) is 37.9 Å². The van der Waals surface area contributed by atoms with Crippen molar-refractivity contribution >= 4 is 17.9 Å². The predicted octanol–water partition coefficient (Wildman–Crippen LogP) is 5.12. The second-order valence-electron chi connectivity index (χ2n) is 7.84. The Kier molecular flexibility index (Phi) is 11.0. The van der Waals surface area contributed by atoms with E-state index in [-0.39, 0.29) is 49.7 Å². The second kappa shape index (κ2) is 14.9. The van der Waals surface area contributed by atoms with Crippen molar-refractivity contribution in [2.24, 2.45) is 0 Å². The first-order valence-corrected chi connectivity index (χ1v) is 12.1.